The molecule has 3 N–H and O–H groups in total. The second kappa shape index (κ2) is 7.12. The molecule has 3 amide bonds. The van der Waals surface area contributed by atoms with Gasteiger partial charge in [-0.1, -0.05) is 54.2 Å². The molecule has 1 atom stereocenters. The van der Waals surface area contributed by atoms with Crippen LogP contribution in [0.1, 0.15) is 10.8 Å². The Morgan fingerprint density at radius 1 is 1.11 bits per heavy atom. The fraction of sp³-hybridized carbons (Fsp3) is 0.111. The average molecular weight is 380 g/mol. The van der Waals surface area contributed by atoms with Gasteiger partial charge in [0.1, 0.15) is 5.25 Å². The number of para-hydroxylation sites is 2. The molecule has 0 saturated carbocycles. The molecule has 9 heteroatoms. The van der Waals surface area contributed by atoms with Gasteiger partial charge in [-0.05, 0) is 17.7 Å². The Hall–Kier alpha value is -3.33. The van der Waals surface area contributed by atoms with E-state index in [1.807, 2.05) is 59.0 Å². The van der Waals surface area contributed by atoms with E-state index in [-0.39, 0.29) is 0 Å². The van der Waals surface area contributed by atoms with E-state index in [0.717, 1.165) is 16.6 Å². The van der Waals surface area contributed by atoms with E-state index in [1.54, 1.807) is 0 Å². The maximum Gasteiger partial charge on any atom is 0.321 e. The number of nitrogens with one attached hydrogen (secondary N) is 3. The Kier molecular flexibility index (Phi) is 4.51. The van der Waals surface area contributed by atoms with E-state index in [1.165, 1.54) is 18.8 Å². The van der Waals surface area contributed by atoms with Crippen LogP contribution >= 0.6 is 11.8 Å². The minimum Gasteiger partial charge on any atom is -0.341 e. The van der Waals surface area contributed by atoms with Gasteiger partial charge in [-0.15, -0.1) is 5.10 Å². The highest BCUT2D eigenvalue weighted by Crippen LogP contribution is 2.35. The molecule has 0 aliphatic carbocycles. The molecule has 4 aromatic rings. The molecule has 0 fully saturated rings. The first-order valence-electron chi connectivity index (χ1n) is 8.23. The summed E-state index contributed by atoms with van der Waals surface area (Å²) in [5, 5.41) is 11.9. The number of imide groups is 1. The van der Waals surface area contributed by atoms with Crippen LogP contribution in [0.25, 0.3) is 16.8 Å². The molecule has 27 heavy (non-hydrogen) atoms. The lowest BCUT2D eigenvalue weighted by Gasteiger charge is -2.15. The number of hydrogen-bond donors (Lipinski definition) is 3. The van der Waals surface area contributed by atoms with Crippen LogP contribution in [0, 0.1) is 0 Å². The molecule has 0 saturated heterocycles. The van der Waals surface area contributed by atoms with Crippen LogP contribution in [-0.2, 0) is 4.79 Å². The van der Waals surface area contributed by atoms with Crippen molar-refractivity contribution in [3.05, 3.63) is 60.2 Å². The monoisotopic (exact) mass is 380 g/mol. The number of fused-ring (bicyclic) bond motifs is 3. The molecule has 0 aliphatic heterocycles. The third kappa shape index (κ3) is 3.24. The summed E-state index contributed by atoms with van der Waals surface area (Å²) in [5.74, 6) is 0.170. The number of H-pyrrole nitrogens is 1. The summed E-state index contributed by atoms with van der Waals surface area (Å²) in [6.07, 6.45) is 0. The van der Waals surface area contributed by atoms with Gasteiger partial charge in [-0.25, -0.2) is 14.9 Å². The number of imidazole rings is 1. The van der Waals surface area contributed by atoms with Crippen LogP contribution in [-0.4, -0.2) is 38.6 Å². The van der Waals surface area contributed by atoms with Gasteiger partial charge < -0.3 is 5.32 Å². The summed E-state index contributed by atoms with van der Waals surface area (Å²) in [4.78, 5) is 28.8. The third-order valence-corrected chi connectivity index (χ3v) is 5.24. The molecular formula is C18H16N6O2S. The quantitative estimate of drug-likeness (QED) is 0.472. The zero-order valence-corrected chi connectivity index (χ0v) is 15.2. The Morgan fingerprint density at radius 3 is 2.63 bits per heavy atom. The fourth-order valence-electron chi connectivity index (χ4n) is 2.77. The minimum absolute atomic E-state index is 0.425. The largest absolute Gasteiger partial charge is 0.341 e. The number of rotatable bonds is 4. The van der Waals surface area contributed by atoms with Gasteiger partial charge >= 0.3 is 6.03 Å². The number of thioether (sulfide) groups is 1. The van der Waals surface area contributed by atoms with Crippen LogP contribution < -0.4 is 10.6 Å². The van der Waals surface area contributed by atoms with Crippen molar-refractivity contribution in [3.8, 4) is 0 Å². The zero-order valence-electron chi connectivity index (χ0n) is 14.3. The number of amides is 3. The number of aromatic amines is 1. The van der Waals surface area contributed by atoms with E-state index in [2.05, 4.69) is 25.8 Å². The van der Waals surface area contributed by atoms with Crippen molar-refractivity contribution in [2.24, 2.45) is 0 Å². The first-order chi connectivity index (χ1) is 13.2. The number of nitrogens with zero attached hydrogens (tertiary/aromatic N) is 3. The van der Waals surface area contributed by atoms with Crippen LogP contribution in [0.2, 0.25) is 0 Å². The predicted octanol–water partition coefficient (Wildman–Crippen LogP) is 2.50. The van der Waals surface area contributed by atoms with Gasteiger partial charge in [0.2, 0.25) is 11.7 Å². The fourth-order valence-corrected chi connectivity index (χ4v) is 3.83. The van der Waals surface area contributed by atoms with E-state index < -0.39 is 17.2 Å². The van der Waals surface area contributed by atoms with Crippen molar-refractivity contribution in [2.75, 3.05) is 7.05 Å². The molecule has 0 aliphatic rings. The number of benzene rings is 2. The second-order valence-electron chi connectivity index (χ2n) is 5.74. The smallest absolute Gasteiger partial charge is 0.321 e. The van der Waals surface area contributed by atoms with Crippen LogP contribution in [0.5, 0.6) is 0 Å². The lowest BCUT2D eigenvalue weighted by Crippen LogP contribution is -2.39. The zero-order chi connectivity index (χ0) is 18.8. The molecule has 0 bridgehead atoms. The molecule has 136 valence electrons. The molecule has 4 rings (SSSR count). The summed E-state index contributed by atoms with van der Waals surface area (Å²) in [5.41, 5.74) is 2.49. The number of urea groups is 1. The highest BCUT2D eigenvalue weighted by molar-refractivity contribution is 8.00. The van der Waals surface area contributed by atoms with E-state index in [9.17, 15) is 9.59 Å². The number of hydrogen-bond acceptors (Lipinski definition) is 5. The number of aromatic nitrogens is 4. The molecule has 0 unspecified atom stereocenters. The predicted molar refractivity (Wildman–Crippen MR) is 102 cm³/mol. The second-order valence-corrected chi connectivity index (χ2v) is 6.81. The van der Waals surface area contributed by atoms with Crippen LogP contribution in [0.4, 0.5) is 4.79 Å². The van der Waals surface area contributed by atoms with Crippen LogP contribution in [0.15, 0.2) is 59.8 Å². The molecule has 8 nitrogen and oxygen atoms in total. The van der Waals surface area contributed by atoms with Gasteiger partial charge in [-0.2, -0.15) is 0 Å². The molecule has 2 heterocycles. The summed E-state index contributed by atoms with van der Waals surface area (Å²) in [6, 6.07) is 16.4. The summed E-state index contributed by atoms with van der Waals surface area (Å²) in [6.45, 7) is 0. The van der Waals surface area contributed by atoms with E-state index in [0.29, 0.717) is 10.9 Å². The maximum atomic E-state index is 12.7. The molecule has 2 aromatic carbocycles. The maximum absolute atomic E-state index is 12.7. The van der Waals surface area contributed by atoms with Gasteiger partial charge in [0.15, 0.2) is 5.16 Å². The molecular weight excluding hydrogens is 364 g/mol. The highest BCUT2D eigenvalue weighted by atomic mass is 32.2. The summed E-state index contributed by atoms with van der Waals surface area (Å²) < 4.78 is 1.86. The van der Waals surface area contributed by atoms with Crippen molar-refractivity contribution < 1.29 is 9.59 Å². The third-order valence-electron chi connectivity index (χ3n) is 4.03. The van der Waals surface area contributed by atoms with Crippen molar-refractivity contribution in [1.82, 2.24) is 30.2 Å². The normalized spacial score (nSPS) is 12.2. The van der Waals surface area contributed by atoms with Crippen molar-refractivity contribution in [2.45, 2.75) is 10.4 Å². The molecule has 0 spiro atoms. The van der Waals surface area contributed by atoms with Gasteiger partial charge in [0.05, 0.1) is 11.0 Å². The van der Waals surface area contributed by atoms with Crippen molar-refractivity contribution in [1.29, 1.82) is 0 Å². The van der Waals surface area contributed by atoms with Gasteiger partial charge in [0, 0.05) is 7.05 Å². The summed E-state index contributed by atoms with van der Waals surface area (Å²) >= 11 is 1.25. The Balaban J connectivity index is 1.74. The Bertz CT molecular complexity index is 1120. The SMILES string of the molecule is CNC(=O)NC(=O)[C@H](Sc1n[nH]c2nc3ccccc3n12)c1ccccc1. The summed E-state index contributed by atoms with van der Waals surface area (Å²) in [7, 11) is 1.46. The topological polar surface area (TPSA) is 104 Å². The van der Waals surface area contributed by atoms with E-state index >= 15 is 0 Å². The average Bonchev–Trinajstić information content (AvgIpc) is 3.26. The first-order valence-corrected chi connectivity index (χ1v) is 9.11. The highest BCUT2D eigenvalue weighted by Gasteiger charge is 2.26. The van der Waals surface area contributed by atoms with E-state index in [4.69, 9.17) is 0 Å². The van der Waals surface area contributed by atoms with Gasteiger partial charge in [0.25, 0.3) is 0 Å². The van der Waals surface area contributed by atoms with Crippen molar-refractivity contribution >= 4 is 40.5 Å². The Labute approximate surface area is 158 Å². The van der Waals surface area contributed by atoms with Gasteiger partial charge in [-0.3, -0.25) is 14.5 Å². The lowest BCUT2D eigenvalue weighted by molar-refractivity contribution is -0.119. The first kappa shape index (κ1) is 17.1. The molecule has 0 radical (unpaired) electrons. The lowest BCUT2D eigenvalue weighted by atomic mass is 10.1. The number of carbonyl (C=O) groups is 2. The number of carbonyl (C=O) groups excluding carboxylic acids is 2. The molecule has 2 aromatic heterocycles. The standard InChI is InChI=1S/C18H16N6O2S/c1-19-17(26)21-15(25)14(11-7-3-2-4-8-11)27-18-23-22-16-20-12-9-5-6-10-13(12)24(16)18/h2-10,14H,1H3,(H,20,22)(H2,19,21,25,26)/t14-/m1/s1. The van der Waals surface area contributed by atoms with Crippen LogP contribution in [0.3, 0.4) is 0 Å². The minimum atomic E-state index is -0.656. The Morgan fingerprint density at radius 2 is 1.85 bits per heavy atom. The van der Waals surface area contributed by atoms with Crippen molar-refractivity contribution in [3.63, 3.8) is 0 Å².